The molecule has 2 aromatic carbocycles. The molecular formula is C14H8O4. The lowest BCUT2D eigenvalue weighted by Gasteiger charge is -2.02. The number of carbonyl (C=O) groups is 2. The largest absolute Gasteiger partial charge is 0.507 e. The van der Waals surface area contributed by atoms with Gasteiger partial charge in [0.25, 0.3) is 0 Å². The van der Waals surface area contributed by atoms with Crippen LogP contribution in [0.3, 0.4) is 0 Å². The number of aromatic hydroxyl groups is 1. The molecule has 3 rings (SSSR count). The molecule has 2 N–H and O–H groups in total. The number of hydrogen-bond donors (Lipinski definition) is 2. The zero-order valence-corrected chi connectivity index (χ0v) is 9.18. The third kappa shape index (κ3) is 1.20. The van der Waals surface area contributed by atoms with Crippen molar-refractivity contribution in [1.29, 1.82) is 0 Å². The van der Waals surface area contributed by atoms with Gasteiger partial charge in [0.15, 0.2) is 5.78 Å². The van der Waals surface area contributed by atoms with Gasteiger partial charge in [0.2, 0.25) is 0 Å². The number of hydrogen-bond acceptors (Lipinski definition) is 3. The number of ketones is 1. The number of phenolic OH excluding ortho intramolecular Hbond substituents is 1. The van der Waals surface area contributed by atoms with Crippen molar-refractivity contribution in [3.8, 4) is 16.9 Å². The number of aromatic carboxylic acids is 1. The maximum absolute atomic E-state index is 12.2. The van der Waals surface area contributed by atoms with Crippen molar-refractivity contribution >= 4 is 11.8 Å². The fourth-order valence-electron chi connectivity index (χ4n) is 2.33. The first kappa shape index (κ1) is 10.5. The third-order valence-corrected chi connectivity index (χ3v) is 3.08. The monoisotopic (exact) mass is 240 g/mol. The first-order valence-electron chi connectivity index (χ1n) is 5.34. The molecule has 4 heteroatoms. The van der Waals surface area contributed by atoms with Gasteiger partial charge in [-0.25, -0.2) is 4.79 Å². The van der Waals surface area contributed by atoms with E-state index >= 15 is 0 Å². The smallest absolute Gasteiger partial charge is 0.336 e. The summed E-state index contributed by atoms with van der Waals surface area (Å²) in [6.07, 6.45) is 0. The van der Waals surface area contributed by atoms with Crippen LogP contribution in [-0.4, -0.2) is 22.0 Å². The second kappa shape index (κ2) is 3.43. The van der Waals surface area contributed by atoms with Gasteiger partial charge in [0.05, 0.1) is 11.1 Å². The lowest BCUT2D eigenvalue weighted by atomic mass is 10.0. The van der Waals surface area contributed by atoms with E-state index in [-0.39, 0.29) is 22.4 Å². The lowest BCUT2D eigenvalue weighted by molar-refractivity contribution is 0.0693. The molecule has 1 aliphatic carbocycles. The number of rotatable bonds is 1. The molecule has 18 heavy (non-hydrogen) atoms. The van der Waals surface area contributed by atoms with Crippen molar-refractivity contribution in [3.63, 3.8) is 0 Å². The first-order valence-corrected chi connectivity index (χ1v) is 5.34. The van der Waals surface area contributed by atoms with Gasteiger partial charge in [-0.3, -0.25) is 4.79 Å². The van der Waals surface area contributed by atoms with E-state index in [2.05, 4.69) is 0 Å². The number of fused-ring (bicyclic) bond motifs is 3. The number of carboxylic acids is 1. The Hall–Kier alpha value is -2.62. The fraction of sp³-hybridized carbons (Fsp3) is 0. The number of carboxylic acid groups (broad SMARTS) is 1. The summed E-state index contributed by atoms with van der Waals surface area (Å²) in [5.41, 5.74) is 1.44. The van der Waals surface area contributed by atoms with Crippen LogP contribution in [0.2, 0.25) is 0 Å². The molecule has 0 spiro atoms. The van der Waals surface area contributed by atoms with Crippen molar-refractivity contribution in [2.45, 2.75) is 0 Å². The zero-order chi connectivity index (χ0) is 12.9. The molecule has 1 aliphatic rings. The Bertz CT molecular complexity index is 701. The van der Waals surface area contributed by atoms with Crippen LogP contribution in [0.1, 0.15) is 26.3 Å². The van der Waals surface area contributed by atoms with Gasteiger partial charge in [-0.05, 0) is 23.3 Å². The Balaban J connectivity index is 2.40. The Morgan fingerprint density at radius 2 is 1.56 bits per heavy atom. The maximum atomic E-state index is 12.2. The molecular weight excluding hydrogens is 232 g/mol. The molecule has 0 saturated carbocycles. The first-order chi connectivity index (χ1) is 8.61. The van der Waals surface area contributed by atoms with E-state index < -0.39 is 11.8 Å². The molecule has 0 fully saturated rings. The Labute approximate surface area is 102 Å². The summed E-state index contributed by atoms with van der Waals surface area (Å²) in [6.45, 7) is 0. The zero-order valence-electron chi connectivity index (χ0n) is 9.18. The number of benzene rings is 2. The van der Waals surface area contributed by atoms with Crippen molar-refractivity contribution in [2.24, 2.45) is 0 Å². The molecule has 0 radical (unpaired) electrons. The van der Waals surface area contributed by atoms with Gasteiger partial charge >= 0.3 is 5.97 Å². The van der Waals surface area contributed by atoms with Crippen LogP contribution in [0.25, 0.3) is 11.1 Å². The topological polar surface area (TPSA) is 74.6 Å². The summed E-state index contributed by atoms with van der Waals surface area (Å²) in [7, 11) is 0. The van der Waals surface area contributed by atoms with Crippen molar-refractivity contribution in [3.05, 3.63) is 53.1 Å². The Kier molecular flexibility index (Phi) is 2.01. The SMILES string of the molecule is O=C(O)c1cccc2c1C(=O)c1c(O)cccc1-2. The van der Waals surface area contributed by atoms with Crippen LogP contribution in [-0.2, 0) is 0 Å². The normalized spacial score (nSPS) is 12.1. The summed E-state index contributed by atoms with van der Waals surface area (Å²) < 4.78 is 0. The second-order valence-corrected chi connectivity index (χ2v) is 4.06. The predicted octanol–water partition coefficient (Wildman–Crippen LogP) is 2.30. The van der Waals surface area contributed by atoms with E-state index in [0.717, 1.165) is 0 Å². The van der Waals surface area contributed by atoms with Crippen LogP contribution in [0.15, 0.2) is 36.4 Å². The molecule has 88 valence electrons. The minimum atomic E-state index is -1.15. The summed E-state index contributed by atoms with van der Waals surface area (Å²) in [5.74, 6) is -1.70. The van der Waals surface area contributed by atoms with Crippen molar-refractivity contribution < 1.29 is 19.8 Å². The highest BCUT2D eigenvalue weighted by atomic mass is 16.4. The van der Waals surface area contributed by atoms with E-state index in [4.69, 9.17) is 5.11 Å². The van der Waals surface area contributed by atoms with Crippen LogP contribution in [0, 0.1) is 0 Å². The Morgan fingerprint density at radius 3 is 2.22 bits per heavy atom. The highest BCUT2D eigenvalue weighted by Gasteiger charge is 2.32. The van der Waals surface area contributed by atoms with Crippen LogP contribution < -0.4 is 0 Å². The maximum Gasteiger partial charge on any atom is 0.336 e. The summed E-state index contributed by atoms with van der Waals surface area (Å²) in [4.78, 5) is 23.3. The van der Waals surface area contributed by atoms with Gasteiger partial charge in [-0.15, -0.1) is 0 Å². The van der Waals surface area contributed by atoms with Crippen LogP contribution in [0.4, 0.5) is 0 Å². The van der Waals surface area contributed by atoms with Gasteiger partial charge in [-0.1, -0.05) is 24.3 Å². The standard InChI is InChI=1S/C14H8O4/c15-10-6-2-4-8-7-3-1-5-9(14(17)18)11(7)13(16)12(8)10/h1-6,15H,(H,17,18). The molecule has 0 heterocycles. The summed E-state index contributed by atoms with van der Waals surface area (Å²) in [5, 5.41) is 18.8. The fourth-order valence-corrected chi connectivity index (χ4v) is 2.33. The molecule has 2 aromatic rings. The summed E-state index contributed by atoms with van der Waals surface area (Å²) >= 11 is 0. The Morgan fingerprint density at radius 1 is 0.944 bits per heavy atom. The second-order valence-electron chi connectivity index (χ2n) is 4.06. The van der Waals surface area contributed by atoms with Gasteiger partial charge in [-0.2, -0.15) is 0 Å². The quantitative estimate of drug-likeness (QED) is 0.684. The van der Waals surface area contributed by atoms with Gasteiger partial charge in [0, 0.05) is 5.56 Å². The van der Waals surface area contributed by atoms with Crippen LogP contribution in [0.5, 0.6) is 5.75 Å². The molecule has 0 aromatic heterocycles. The summed E-state index contributed by atoms with van der Waals surface area (Å²) in [6, 6.07) is 9.42. The molecule has 0 atom stereocenters. The van der Waals surface area contributed by atoms with Gasteiger partial charge < -0.3 is 10.2 Å². The average Bonchev–Trinajstić information content (AvgIpc) is 2.65. The van der Waals surface area contributed by atoms with Gasteiger partial charge in [0.1, 0.15) is 5.75 Å². The molecule has 4 nitrogen and oxygen atoms in total. The molecule has 0 saturated heterocycles. The predicted molar refractivity (Wildman–Crippen MR) is 63.9 cm³/mol. The van der Waals surface area contributed by atoms with E-state index in [1.165, 1.54) is 12.1 Å². The van der Waals surface area contributed by atoms with Crippen molar-refractivity contribution in [2.75, 3.05) is 0 Å². The molecule has 0 aliphatic heterocycles. The van der Waals surface area contributed by atoms with E-state index in [1.807, 2.05) is 0 Å². The van der Waals surface area contributed by atoms with E-state index in [0.29, 0.717) is 11.1 Å². The third-order valence-electron chi connectivity index (χ3n) is 3.08. The highest BCUT2D eigenvalue weighted by Crippen LogP contribution is 2.41. The van der Waals surface area contributed by atoms with E-state index in [9.17, 15) is 14.7 Å². The average molecular weight is 240 g/mol. The minimum absolute atomic E-state index is 0.0342. The minimum Gasteiger partial charge on any atom is -0.507 e. The number of phenols is 1. The lowest BCUT2D eigenvalue weighted by Crippen LogP contribution is -2.06. The highest BCUT2D eigenvalue weighted by molar-refractivity contribution is 6.26. The van der Waals surface area contributed by atoms with Crippen molar-refractivity contribution in [1.82, 2.24) is 0 Å². The number of carbonyl (C=O) groups excluding carboxylic acids is 1. The molecule has 0 amide bonds. The van der Waals surface area contributed by atoms with Crippen LogP contribution >= 0.6 is 0 Å². The molecule has 0 bridgehead atoms. The van der Waals surface area contributed by atoms with E-state index in [1.54, 1.807) is 24.3 Å². The molecule has 0 unspecified atom stereocenters.